The van der Waals surface area contributed by atoms with Gasteiger partial charge >= 0.3 is 0 Å². The van der Waals surface area contributed by atoms with E-state index in [1.165, 1.54) is 6.07 Å². The molecule has 21 heavy (non-hydrogen) atoms. The maximum Gasteiger partial charge on any atom is 0.254 e. The minimum absolute atomic E-state index is 0.0361. The van der Waals surface area contributed by atoms with E-state index in [0.717, 1.165) is 18.6 Å². The number of hydrogen-bond acceptors (Lipinski definition) is 2. The molecular formula is C16H22F2N2O. The number of nitrogens with zero attached hydrogens (tertiary/aromatic N) is 1. The highest BCUT2D eigenvalue weighted by Gasteiger charge is 2.29. The summed E-state index contributed by atoms with van der Waals surface area (Å²) in [5, 5.41) is 3.43. The van der Waals surface area contributed by atoms with Crippen LogP contribution in [-0.2, 0) is 0 Å². The third-order valence-corrected chi connectivity index (χ3v) is 3.83. The van der Waals surface area contributed by atoms with Crippen LogP contribution in [0.4, 0.5) is 8.78 Å². The molecule has 2 rings (SSSR count). The van der Waals surface area contributed by atoms with Gasteiger partial charge in [-0.05, 0) is 37.5 Å². The Morgan fingerprint density at radius 2 is 2.10 bits per heavy atom. The summed E-state index contributed by atoms with van der Waals surface area (Å²) in [4.78, 5) is 14.3. The number of benzene rings is 1. The second-order valence-electron chi connectivity index (χ2n) is 6.17. The van der Waals surface area contributed by atoms with E-state index in [1.807, 2.05) is 6.92 Å². The van der Waals surface area contributed by atoms with Gasteiger partial charge in [-0.1, -0.05) is 13.8 Å². The van der Waals surface area contributed by atoms with Crippen molar-refractivity contribution >= 4 is 5.91 Å². The van der Waals surface area contributed by atoms with Crippen LogP contribution in [0.2, 0.25) is 0 Å². The van der Waals surface area contributed by atoms with Crippen LogP contribution < -0.4 is 5.32 Å². The first kappa shape index (κ1) is 15.9. The molecule has 5 heteroatoms. The topological polar surface area (TPSA) is 32.3 Å². The van der Waals surface area contributed by atoms with Gasteiger partial charge in [-0.25, -0.2) is 8.78 Å². The van der Waals surface area contributed by atoms with Gasteiger partial charge in [0.05, 0.1) is 0 Å². The normalized spacial score (nSPS) is 22.7. The standard InChI is InChI=1S/C16H22F2N2O/c1-10(2)6-13-9-20(11(3)8-19-13)16(21)12-4-5-14(17)15(18)7-12/h4-5,7,10-11,13,19H,6,8-9H2,1-3H3. The molecule has 0 aliphatic carbocycles. The summed E-state index contributed by atoms with van der Waals surface area (Å²) in [7, 11) is 0. The molecule has 1 N–H and O–H groups in total. The third kappa shape index (κ3) is 3.79. The summed E-state index contributed by atoms with van der Waals surface area (Å²) in [6.45, 7) is 7.54. The van der Waals surface area contributed by atoms with Crippen molar-refractivity contribution in [3.05, 3.63) is 35.4 Å². The van der Waals surface area contributed by atoms with Crippen molar-refractivity contribution in [1.82, 2.24) is 10.2 Å². The molecule has 1 heterocycles. The lowest BCUT2D eigenvalue weighted by molar-refractivity contribution is 0.0594. The summed E-state index contributed by atoms with van der Waals surface area (Å²) >= 11 is 0. The molecule has 3 nitrogen and oxygen atoms in total. The predicted octanol–water partition coefficient (Wildman–Crippen LogP) is 2.81. The zero-order valence-corrected chi connectivity index (χ0v) is 12.7. The van der Waals surface area contributed by atoms with Gasteiger partial charge in [0, 0.05) is 30.7 Å². The van der Waals surface area contributed by atoms with Crippen LogP contribution in [0.5, 0.6) is 0 Å². The largest absolute Gasteiger partial charge is 0.333 e. The van der Waals surface area contributed by atoms with E-state index in [1.54, 1.807) is 4.90 Å². The molecule has 0 radical (unpaired) electrons. The van der Waals surface area contributed by atoms with Crippen LogP contribution in [0.1, 0.15) is 37.6 Å². The first-order valence-corrected chi connectivity index (χ1v) is 7.38. The third-order valence-electron chi connectivity index (χ3n) is 3.83. The fourth-order valence-corrected chi connectivity index (χ4v) is 2.73. The van der Waals surface area contributed by atoms with E-state index in [0.29, 0.717) is 19.0 Å². The second kappa shape index (κ2) is 6.52. The second-order valence-corrected chi connectivity index (χ2v) is 6.17. The predicted molar refractivity (Wildman–Crippen MR) is 78.1 cm³/mol. The molecule has 1 aliphatic heterocycles. The van der Waals surface area contributed by atoms with E-state index in [2.05, 4.69) is 19.2 Å². The van der Waals surface area contributed by atoms with Crippen LogP contribution >= 0.6 is 0 Å². The molecule has 1 amide bonds. The Hall–Kier alpha value is -1.49. The van der Waals surface area contributed by atoms with Crippen molar-refractivity contribution < 1.29 is 13.6 Å². The highest BCUT2D eigenvalue weighted by Crippen LogP contribution is 2.17. The molecule has 0 bridgehead atoms. The monoisotopic (exact) mass is 296 g/mol. The van der Waals surface area contributed by atoms with Gasteiger partial charge in [-0.3, -0.25) is 4.79 Å². The minimum Gasteiger partial charge on any atom is -0.333 e. The van der Waals surface area contributed by atoms with Crippen molar-refractivity contribution in [3.8, 4) is 0 Å². The Labute approximate surface area is 124 Å². The fraction of sp³-hybridized carbons (Fsp3) is 0.562. The van der Waals surface area contributed by atoms with Crippen molar-refractivity contribution in [2.75, 3.05) is 13.1 Å². The summed E-state index contributed by atoms with van der Waals surface area (Å²) < 4.78 is 26.3. The number of piperazine rings is 1. The van der Waals surface area contributed by atoms with Crippen LogP contribution in [0, 0.1) is 17.6 Å². The molecule has 1 fully saturated rings. The molecule has 1 aromatic rings. The van der Waals surface area contributed by atoms with Crippen molar-refractivity contribution in [2.24, 2.45) is 5.92 Å². The molecule has 0 saturated carbocycles. The SMILES string of the molecule is CC(C)CC1CN(C(=O)c2ccc(F)c(F)c2)C(C)CN1. The highest BCUT2D eigenvalue weighted by atomic mass is 19.2. The molecule has 2 atom stereocenters. The quantitative estimate of drug-likeness (QED) is 0.930. The number of hydrogen-bond donors (Lipinski definition) is 1. The van der Waals surface area contributed by atoms with E-state index in [-0.39, 0.29) is 23.6 Å². The Kier molecular flexibility index (Phi) is 4.93. The number of rotatable bonds is 3. The zero-order chi connectivity index (χ0) is 15.6. The van der Waals surface area contributed by atoms with E-state index in [9.17, 15) is 13.6 Å². The first-order chi connectivity index (χ1) is 9.88. The Bertz CT molecular complexity index is 519. The number of amides is 1. The van der Waals surface area contributed by atoms with Crippen LogP contribution in [0.3, 0.4) is 0 Å². The Balaban J connectivity index is 2.13. The number of nitrogens with one attached hydrogen (secondary N) is 1. The number of carbonyl (C=O) groups excluding carboxylic acids is 1. The maximum atomic E-state index is 13.3. The summed E-state index contributed by atoms with van der Waals surface area (Å²) in [5.41, 5.74) is 0.200. The zero-order valence-electron chi connectivity index (χ0n) is 12.7. The molecule has 1 aromatic carbocycles. The lowest BCUT2D eigenvalue weighted by atomic mass is 9.99. The molecular weight excluding hydrogens is 274 g/mol. The maximum absolute atomic E-state index is 13.3. The van der Waals surface area contributed by atoms with Gasteiger partial charge in [0.1, 0.15) is 0 Å². The van der Waals surface area contributed by atoms with Gasteiger partial charge in [0.15, 0.2) is 11.6 Å². The van der Waals surface area contributed by atoms with Crippen molar-refractivity contribution in [2.45, 2.75) is 39.3 Å². The van der Waals surface area contributed by atoms with E-state index in [4.69, 9.17) is 0 Å². The minimum atomic E-state index is -0.984. The van der Waals surface area contributed by atoms with Crippen molar-refractivity contribution in [3.63, 3.8) is 0 Å². The average molecular weight is 296 g/mol. The molecule has 116 valence electrons. The summed E-state index contributed by atoms with van der Waals surface area (Å²) in [5.74, 6) is -1.62. The fourth-order valence-electron chi connectivity index (χ4n) is 2.73. The molecule has 2 unspecified atom stereocenters. The number of halogens is 2. The Morgan fingerprint density at radius 1 is 1.38 bits per heavy atom. The lowest BCUT2D eigenvalue weighted by Gasteiger charge is -2.39. The smallest absolute Gasteiger partial charge is 0.254 e. The molecule has 0 spiro atoms. The van der Waals surface area contributed by atoms with Crippen LogP contribution in [0.15, 0.2) is 18.2 Å². The van der Waals surface area contributed by atoms with Gasteiger partial charge in [0.2, 0.25) is 0 Å². The van der Waals surface area contributed by atoms with E-state index < -0.39 is 11.6 Å². The molecule has 1 aliphatic rings. The highest BCUT2D eigenvalue weighted by molar-refractivity contribution is 5.94. The molecule has 0 aromatic heterocycles. The molecule has 1 saturated heterocycles. The van der Waals surface area contributed by atoms with Crippen molar-refractivity contribution in [1.29, 1.82) is 0 Å². The van der Waals surface area contributed by atoms with Gasteiger partial charge in [0.25, 0.3) is 5.91 Å². The van der Waals surface area contributed by atoms with Gasteiger partial charge in [-0.2, -0.15) is 0 Å². The lowest BCUT2D eigenvalue weighted by Crippen LogP contribution is -2.57. The van der Waals surface area contributed by atoms with Crippen LogP contribution in [-0.4, -0.2) is 36.0 Å². The summed E-state index contributed by atoms with van der Waals surface area (Å²) in [6, 6.07) is 3.60. The first-order valence-electron chi connectivity index (χ1n) is 7.38. The van der Waals surface area contributed by atoms with E-state index >= 15 is 0 Å². The average Bonchev–Trinajstić information content (AvgIpc) is 2.42. The Morgan fingerprint density at radius 3 is 2.71 bits per heavy atom. The number of carbonyl (C=O) groups is 1. The summed E-state index contributed by atoms with van der Waals surface area (Å²) in [6.07, 6.45) is 0.980. The van der Waals surface area contributed by atoms with Gasteiger partial charge < -0.3 is 10.2 Å². The van der Waals surface area contributed by atoms with Gasteiger partial charge in [-0.15, -0.1) is 0 Å². The van der Waals surface area contributed by atoms with Crippen LogP contribution in [0.25, 0.3) is 0 Å².